The highest BCUT2D eigenvalue weighted by Crippen LogP contribution is 2.26. The van der Waals surface area contributed by atoms with Gasteiger partial charge in [-0.1, -0.05) is 6.92 Å². The molecule has 2 aromatic rings. The molecule has 15 heavy (non-hydrogen) atoms. The lowest BCUT2D eigenvalue weighted by atomic mass is 10.3. The quantitative estimate of drug-likeness (QED) is 0.834. The summed E-state index contributed by atoms with van der Waals surface area (Å²) >= 11 is 1.63. The highest BCUT2D eigenvalue weighted by molar-refractivity contribution is 7.16. The Morgan fingerprint density at radius 3 is 3.00 bits per heavy atom. The lowest BCUT2D eigenvalue weighted by Gasteiger charge is -2.06. The van der Waals surface area contributed by atoms with Crippen molar-refractivity contribution >= 4 is 33.3 Å². The predicted octanol–water partition coefficient (Wildman–Crippen LogP) is 2.55. The van der Waals surface area contributed by atoms with E-state index in [1.54, 1.807) is 11.3 Å². The van der Waals surface area contributed by atoms with Crippen molar-refractivity contribution < 1.29 is 0 Å². The van der Waals surface area contributed by atoms with Crippen LogP contribution >= 0.6 is 11.3 Å². The smallest absolute Gasteiger partial charge is 0.225 e. The fourth-order valence-electron chi connectivity index (χ4n) is 1.35. The first-order valence-electron chi connectivity index (χ1n) is 5.02. The lowest BCUT2D eigenvalue weighted by Crippen LogP contribution is -2.05. The van der Waals surface area contributed by atoms with Crippen LogP contribution < -0.4 is 10.6 Å². The van der Waals surface area contributed by atoms with Crippen LogP contribution in [-0.2, 0) is 0 Å². The van der Waals surface area contributed by atoms with Gasteiger partial charge in [-0.05, 0) is 17.9 Å². The third-order valence-electron chi connectivity index (χ3n) is 2.09. The summed E-state index contributed by atoms with van der Waals surface area (Å²) in [4.78, 5) is 9.80. The van der Waals surface area contributed by atoms with E-state index in [0.717, 1.165) is 29.0 Å². The molecule has 0 amide bonds. The van der Waals surface area contributed by atoms with E-state index < -0.39 is 0 Å². The minimum Gasteiger partial charge on any atom is -0.369 e. The first kappa shape index (κ1) is 10.2. The molecular weight excluding hydrogens is 208 g/mol. The molecule has 0 aliphatic heterocycles. The van der Waals surface area contributed by atoms with Crippen LogP contribution in [0.2, 0.25) is 0 Å². The minimum absolute atomic E-state index is 0.670. The van der Waals surface area contributed by atoms with Gasteiger partial charge in [0.25, 0.3) is 0 Å². The average molecular weight is 222 g/mol. The fraction of sp³-hybridized carbons (Fsp3) is 0.400. The van der Waals surface area contributed by atoms with Crippen molar-refractivity contribution in [1.82, 2.24) is 9.97 Å². The van der Waals surface area contributed by atoms with Gasteiger partial charge in [0, 0.05) is 13.6 Å². The van der Waals surface area contributed by atoms with Crippen LogP contribution in [0.5, 0.6) is 0 Å². The fourth-order valence-corrected chi connectivity index (χ4v) is 2.11. The monoisotopic (exact) mass is 222 g/mol. The summed E-state index contributed by atoms with van der Waals surface area (Å²) in [6.07, 6.45) is 1.09. The molecule has 2 aromatic heterocycles. The highest BCUT2D eigenvalue weighted by Gasteiger charge is 2.06. The van der Waals surface area contributed by atoms with Crippen molar-refractivity contribution in [3.05, 3.63) is 11.4 Å². The summed E-state index contributed by atoms with van der Waals surface area (Å²) in [5.41, 5.74) is 0. The Hall–Kier alpha value is -1.36. The number of hydrogen-bond acceptors (Lipinski definition) is 5. The predicted molar refractivity (Wildman–Crippen MR) is 65.7 cm³/mol. The Bertz CT molecular complexity index is 452. The van der Waals surface area contributed by atoms with E-state index in [2.05, 4.69) is 33.6 Å². The van der Waals surface area contributed by atoms with E-state index in [-0.39, 0.29) is 0 Å². The zero-order chi connectivity index (χ0) is 10.7. The zero-order valence-corrected chi connectivity index (χ0v) is 9.69. The molecule has 2 heterocycles. The van der Waals surface area contributed by atoms with Gasteiger partial charge < -0.3 is 10.6 Å². The third-order valence-corrected chi connectivity index (χ3v) is 2.90. The molecule has 2 N–H and O–H groups in total. The number of aromatic nitrogens is 2. The minimum atomic E-state index is 0.670. The number of thiophene rings is 1. The lowest BCUT2D eigenvalue weighted by molar-refractivity contribution is 0.970. The Kier molecular flexibility index (Phi) is 3.01. The van der Waals surface area contributed by atoms with Gasteiger partial charge in [0.15, 0.2) is 0 Å². The number of hydrogen-bond donors (Lipinski definition) is 2. The molecule has 0 unspecified atom stereocenters. The summed E-state index contributed by atoms with van der Waals surface area (Å²) in [7, 11) is 1.83. The van der Waals surface area contributed by atoms with Gasteiger partial charge in [-0.3, -0.25) is 0 Å². The van der Waals surface area contributed by atoms with Gasteiger partial charge in [-0.2, -0.15) is 4.98 Å². The van der Waals surface area contributed by atoms with Gasteiger partial charge in [0.1, 0.15) is 10.6 Å². The van der Waals surface area contributed by atoms with E-state index in [1.807, 2.05) is 12.4 Å². The average Bonchev–Trinajstić information content (AvgIpc) is 2.73. The maximum absolute atomic E-state index is 4.40. The molecule has 0 saturated carbocycles. The molecule has 0 spiro atoms. The summed E-state index contributed by atoms with van der Waals surface area (Å²) < 4.78 is 0. The number of anilines is 2. The van der Waals surface area contributed by atoms with Gasteiger partial charge >= 0.3 is 0 Å². The van der Waals surface area contributed by atoms with E-state index in [0.29, 0.717) is 5.95 Å². The molecule has 0 aromatic carbocycles. The second kappa shape index (κ2) is 4.44. The van der Waals surface area contributed by atoms with Crippen molar-refractivity contribution in [2.24, 2.45) is 0 Å². The van der Waals surface area contributed by atoms with Crippen LogP contribution in [0, 0.1) is 0 Å². The Morgan fingerprint density at radius 1 is 1.40 bits per heavy atom. The van der Waals surface area contributed by atoms with Crippen molar-refractivity contribution in [1.29, 1.82) is 0 Å². The largest absolute Gasteiger partial charge is 0.369 e. The molecule has 0 saturated heterocycles. The van der Waals surface area contributed by atoms with Crippen LogP contribution in [0.3, 0.4) is 0 Å². The number of rotatable bonds is 4. The van der Waals surface area contributed by atoms with Gasteiger partial charge in [-0.15, -0.1) is 11.3 Å². The van der Waals surface area contributed by atoms with E-state index in [9.17, 15) is 0 Å². The highest BCUT2D eigenvalue weighted by atomic mass is 32.1. The summed E-state index contributed by atoms with van der Waals surface area (Å²) in [6.45, 7) is 3.07. The molecule has 2 rings (SSSR count). The van der Waals surface area contributed by atoms with Crippen LogP contribution in [-0.4, -0.2) is 23.6 Å². The van der Waals surface area contributed by atoms with Crippen LogP contribution in [0.1, 0.15) is 13.3 Å². The molecule has 0 radical (unpaired) electrons. The maximum atomic E-state index is 4.40. The van der Waals surface area contributed by atoms with Crippen molar-refractivity contribution in [2.75, 3.05) is 24.2 Å². The molecular formula is C10H14N4S. The van der Waals surface area contributed by atoms with Gasteiger partial charge in [0.05, 0.1) is 5.39 Å². The van der Waals surface area contributed by atoms with E-state index >= 15 is 0 Å². The summed E-state index contributed by atoms with van der Waals surface area (Å²) in [5, 5.41) is 9.43. The molecule has 80 valence electrons. The first-order chi connectivity index (χ1) is 7.35. The standard InChI is InChI=1S/C10H14N4S/c1-3-5-12-8-7-4-6-15-9(7)14-10(11-2)13-8/h4,6H,3,5H2,1-2H3,(H2,11,12,13,14). The molecule has 4 nitrogen and oxygen atoms in total. The molecule has 0 aliphatic carbocycles. The third kappa shape index (κ3) is 2.02. The zero-order valence-electron chi connectivity index (χ0n) is 8.87. The van der Waals surface area contributed by atoms with Crippen LogP contribution in [0.4, 0.5) is 11.8 Å². The summed E-state index contributed by atoms with van der Waals surface area (Å²) in [6, 6.07) is 2.05. The molecule has 5 heteroatoms. The van der Waals surface area contributed by atoms with E-state index in [1.165, 1.54) is 0 Å². The molecule has 0 fully saturated rings. The van der Waals surface area contributed by atoms with Crippen molar-refractivity contribution in [3.63, 3.8) is 0 Å². The molecule has 0 bridgehead atoms. The number of fused-ring (bicyclic) bond motifs is 1. The Balaban J connectivity index is 2.43. The molecule has 0 atom stereocenters. The number of nitrogens with zero attached hydrogens (tertiary/aromatic N) is 2. The van der Waals surface area contributed by atoms with E-state index in [4.69, 9.17) is 0 Å². The SMILES string of the molecule is CCCNc1nc(NC)nc2sccc12. The first-order valence-corrected chi connectivity index (χ1v) is 5.90. The second-order valence-corrected chi connectivity index (χ2v) is 4.11. The van der Waals surface area contributed by atoms with Crippen LogP contribution in [0.25, 0.3) is 10.2 Å². The van der Waals surface area contributed by atoms with Crippen molar-refractivity contribution in [3.8, 4) is 0 Å². The maximum Gasteiger partial charge on any atom is 0.225 e. The molecule has 0 aliphatic rings. The number of nitrogens with one attached hydrogen (secondary N) is 2. The van der Waals surface area contributed by atoms with Gasteiger partial charge in [0.2, 0.25) is 5.95 Å². The van der Waals surface area contributed by atoms with Crippen molar-refractivity contribution in [2.45, 2.75) is 13.3 Å². The topological polar surface area (TPSA) is 49.8 Å². The second-order valence-electron chi connectivity index (χ2n) is 3.21. The Morgan fingerprint density at radius 2 is 2.27 bits per heavy atom. The van der Waals surface area contributed by atoms with Crippen LogP contribution in [0.15, 0.2) is 11.4 Å². The normalized spacial score (nSPS) is 10.5. The Labute approximate surface area is 92.8 Å². The summed E-state index contributed by atoms with van der Waals surface area (Å²) in [5.74, 6) is 1.59. The van der Waals surface area contributed by atoms with Gasteiger partial charge in [-0.25, -0.2) is 4.98 Å².